The Hall–Kier alpha value is -2.66. The fraction of sp³-hybridized carbons (Fsp3) is 0.353. The quantitative estimate of drug-likeness (QED) is 0.498. The normalized spacial score (nSPS) is 25.2. The third-order valence-corrected chi connectivity index (χ3v) is 4.52. The molecule has 0 bridgehead atoms. The standard InChI is InChI=1S/C17H18FN5O4/c18-10-3-1-9(2-4-10)5-19-15-12-16(21-7-20-15)23(8-22-12)17-14(26)13(25)11(6-24)27-17/h1-4,7-8,11,13-14,17,24-26H,5-6H2,(H,19,20,21)/t11-,13-,14-,17-/m0/s1. The van der Waals surface area contributed by atoms with Gasteiger partial charge in [-0.05, 0) is 17.7 Å². The van der Waals surface area contributed by atoms with E-state index < -0.39 is 31.1 Å². The van der Waals surface area contributed by atoms with Crippen LogP contribution in [0.5, 0.6) is 0 Å². The van der Waals surface area contributed by atoms with E-state index in [1.54, 1.807) is 12.1 Å². The number of nitrogens with zero attached hydrogens (tertiary/aromatic N) is 4. The van der Waals surface area contributed by atoms with Crippen LogP contribution in [0.3, 0.4) is 0 Å². The van der Waals surface area contributed by atoms with Gasteiger partial charge in [-0.25, -0.2) is 19.3 Å². The molecule has 9 nitrogen and oxygen atoms in total. The predicted octanol–water partition coefficient (Wildman–Crippen LogP) is 0.189. The molecule has 3 heterocycles. The van der Waals surface area contributed by atoms with Crippen LogP contribution in [-0.2, 0) is 11.3 Å². The van der Waals surface area contributed by atoms with Crippen molar-refractivity contribution < 1.29 is 24.4 Å². The fourth-order valence-corrected chi connectivity index (χ4v) is 3.07. The van der Waals surface area contributed by atoms with Gasteiger partial charge < -0.3 is 25.4 Å². The molecule has 1 aliphatic rings. The SMILES string of the molecule is OC[C@@H]1O[C@H](n2cnc3c(NCc4ccc(F)cc4)ncnc32)[C@@H](O)[C@H]1O. The van der Waals surface area contributed by atoms with Crippen molar-refractivity contribution in [2.24, 2.45) is 0 Å². The molecule has 2 aromatic heterocycles. The minimum absolute atomic E-state index is 0.305. The number of hydrogen-bond acceptors (Lipinski definition) is 8. The van der Waals surface area contributed by atoms with Gasteiger partial charge in [0.15, 0.2) is 23.2 Å². The molecule has 1 fully saturated rings. The van der Waals surface area contributed by atoms with E-state index in [0.29, 0.717) is 23.5 Å². The zero-order chi connectivity index (χ0) is 19.0. The van der Waals surface area contributed by atoms with Gasteiger partial charge in [-0.15, -0.1) is 0 Å². The summed E-state index contributed by atoms with van der Waals surface area (Å²) >= 11 is 0. The molecule has 1 aliphatic heterocycles. The zero-order valence-electron chi connectivity index (χ0n) is 14.1. The first-order valence-corrected chi connectivity index (χ1v) is 8.37. The number of fused-ring (bicyclic) bond motifs is 1. The van der Waals surface area contributed by atoms with Crippen LogP contribution in [0.2, 0.25) is 0 Å². The summed E-state index contributed by atoms with van der Waals surface area (Å²) < 4.78 is 20.0. The Labute approximate surface area is 153 Å². The van der Waals surface area contributed by atoms with Crippen molar-refractivity contribution in [3.05, 3.63) is 48.3 Å². The molecular weight excluding hydrogens is 357 g/mol. The number of imidazole rings is 1. The van der Waals surface area contributed by atoms with Crippen LogP contribution in [0.15, 0.2) is 36.9 Å². The molecule has 0 saturated carbocycles. The lowest BCUT2D eigenvalue weighted by molar-refractivity contribution is -0.0511. The maximum absolute atomic E-state index is 13.0. The van der Waals surface area contributed by atoms with Gasteiger partial charge in [-0.3, -0.25) is 4.57 Å². The van der Waals surface area contributed by atoms with E-state index in [4.69, 9.17) is 4.74 Å². The number of benzene rings is 1. The minimum Gasteiger partial charge on any atom is -0.394 e. The molecule has 1 aromatic carbocycles. The number of anilines is 1. The molecule has 0 radical (unpaired) electrons. The number of aromatic nitrogens is 4. The Kier molecular flexibility index (Phi) is 4.70. The van der Waals surface area contributed by atoms with Gasteiger partial charge in [0.05, 0.1) is 12.9 Å². The van der Waals surface area contributed by atoms with Gasteiger partial charge >= 0.3 is 0 Å². The third kappa shape index (κ3) is 3.23. The van der Waals surface area contributed by atoms with E-state index >= 15 is 0 Å². The summed E-state index contributed by atoms with van der Waals surface area (Å²) in [4.78, 5) is 12.6. The topological polar surface area (TPSA) is 126 Å². The van der Waals surface area contributed by atoms with E-state index in [0.717, 1.165) is 5.56 Å². The highest BCUT2D eigenvalue weighted by Crippen LogP contribution is 2.32. The van der Waals surface area contributed by atoms with Crippen molar-refractivity contribution in [1.82, 2.24) is 19.5 Å². The summed E-state index contributed by atoms with van der Waals surface area (Å²) in [7, 11) is 0. The number of ether oxygens (including phenoxy) is 1. The highest BCUT2D eigenvalue weighted by Gasteiger charge is 2.44. The van der Waals surface area contributed by atoms with Crippen LogP contribution in [0.4, 0.5) is 10.2 Å². The highest BCUT2D eigenvalue weighted by molar-refractivity contribution is 5.82. The molecule has 4 N–H and O–H groups in total. The fourth-order valence-electron chi connectivity index (χ4n) is 3.07. The molecule has 1 saturated heterocycles. The van der Waals surface area contributed by atoms with E-state index in [1.807, 2.05) is 0 Å². The molecular formula is C17H18FN5O4. The van der Waals surface area contributed by atoms with Crippen molar-refractivity contribution in [2.75, 3.05) is 11.9 Å². The summed E-state index contributed by atoms with van der Waals surface area (Å²) in [6, 6.07) is 6.09. The molecule has 0 spiro atoms. The van der Waals surface area contributed by atoms with Crippen LogP contribution in [0, 0.1) is 5.82 Å². The Morgan fingerprint density at radius 2 is 1.89 bits per heavy atom. The van der Waals surface area contributed by atoms with Crippen LogP contribution < -0.4 is 5.32 Å². The number of rotatable bonds is 5. The molecule has 0 aliphatic carbocycles. The number of aliphatic hydroxyl groups is 3. The smallest absolute Gasteiger partial charge is 0.167 e. The van der Waals surface area contributed by atoms with Crippen LogP contribution in [-0.4, -0.2) is 59.8 Å². The molecule has 27 heavy (non-hydrogen) atoms. The lowest BCUT2D eigenvalue weighted by Gasteiger charge is -2.16. The zero-order valence-corrected chi connectivity index (χ0v) is 14.1. The van der Waals surface area contributed by atoms with Crippen molar-refractivity contribution in [3.63, 3.8) is 0 Å². The first-order chi connectivity index (χ1) is 13.1. The van der Waals surface area contributed by atoms with E-state index in [2.05, 4.69) is 20.3 Å². The van der Waals surface area contributed by atoms with E-state index in [-0.39, 0.29) is 5.82 Å². The molecule has 10 heteroatoms. The van der Waals surface area contributed by atoms with E-state index in [9.17, 15) is 19.7 Å². The van der Waals surface area contributed by atoms with Gasteiger partial charge in [-0.1, -0.05) is 12.1 Å². The second kappa shape index (κ2) is 7.16. The maximum atomic E-state index is 13.0. The van der Waals surface area contributed by atoms with Gasteiger partial charge in [0.2, 0.25) is 0 Å². The molecule has 142 valence electrons. The Morgan fingerprint density at radius 1 is 1.11 bits per heavy atom. The van der Waals surface area contributed by atoms with Crippen LogP contribution in [0.25, 0.3) is 11.2 Å². The monoisotopic (exact) mass is 375 g/mol. The lowest BCUT2D eigenvalue weighted by Crippen LogP contribution is -2.33. The van der Waals surface area contributed by atoms with Crippen molar-refractivity contribution in [3.8, 4) is 0 Å². The van der Waals surface area contributed by atoms with Gasteiger partial charge in [-0.2, -0.15) is 0 Å². The lowest BCUT2D eigenvalue weighted by atomic mass is 10.1. The Morgan fingerprint density at radius 3 is 2.59 bits per heavy atom. The van der Waals surface area contributed by atoms with Gasteiger partial charge in [0.25, 0.3) is 0 Å². The summed E-state index contributed by atoms with van der Waals surface area (Å²) in [5.41, 5.74) is 1.73. The minimum atomic E-state index is -1.23. The first kappa shape index (κ1) is 17.7. The first-order valence-electron chi connectivity index (χ1n) is 8.37. The number of halogens is 1. The van der Waals surface area contributed by atoms with Crippen LogP contribution >= 0.6 is 0 Å². The average molecular weight is 375 g/mol. The van der Waals surface area contributed by atoms with Crippen molar-refractivity contribution in [1.29, 1.82) is 0 Å². The highest BCUT2D eigenvalue weighted by atomic mass is 19.1. The predicted molar refractivity (Wildman–Crippen MR) is 92.1 cm³/mol. The molecule has 4 atom stereocenters. The largest absolute Gasteiger partial charge is 0.394 e. The number of hydrogen-bond donors (Lipinski definition) is 4. The maximum Gasteiger partial charge on any atom is 0.167 e. The number of nitrogens with one attached hydrogen (secondary N) is 1. The van der Waals surface area contributed by atoms with Gasteiger partial charge in [0, 0.05) is 6.54 Å². The number of aliphatic hydroxyl groups excluding tert-OH is 3. The second-order valence-corrected chi connectivity index (χ2v) is 6.26. The summed E-state index contributed by atoms with van der Waals surface area (Å²) in [5, 5.41) is 32.5. The Bertz CT molecular complexity index is 935. The third-order valence-electron chi connectivity index (χ3n) is 4.52. The van der Waals surface area contributed by atoms with Crippen molar-refractivity contribution >= 4 is 17.0 Å². The molecule has 3 aromatic rings. The summed E-state index contributed by atoms with van der Waals surface area (Å²) in [5.74, 6) is 0.162. The molecule has 0 unspecified atom stereocenters. The Balaban J connectivity index is 1.59. The average Bonchev–Trinajstić information content (AvgIpc) is 3.23. The van der Waals surface area contributed by atoms with E-state index in [1.165, 1.54) is 29.4 Å². The summed E-state index contributed by atoms with van der Waals surface area (Å²) in [6.45, 7) is -0.00603. The summed E-state index contributed by atoms with van der Waals surface area (Å²) in [6.07, 6.45) is -1.49. The van der Waals surface area contributed by atoms with Gasteiger partial charge in [0.1, 0.15) is 30.5 Å². The molecule has 0 amide bonds. The van der Waals surface area contributed by atoms with Crippen molar-refractivity contribution in [2.45, 2.75) is 31.1 Å². The van der Waals surface area contributed by atoms with Crippen LogP contribution in [0.1, 0.15) is 11.8 Å². The second-order valence-electron chi connectivity index (χ2n) is 6.26. The molecule has 4 rings (SSSR count).